The van der Waals surface area contributed by atoms with E-state index in [9.17, 15) is 19.5 Å². The third-order valence-corrected chi connectivity index (χ3v) is 3.79. The SMILES string of the molecule is CN1C(=O)C=C(C2(O)C(=O)N(C)c3ccccc32)C1=O. The molecule has 0 bridgehead atoms. The summed E-state index contributed by atoms with van der Waals surface area (Å²) in [6.07, 6.45) is 1.02. The van der Waals surface area contributed by atoms with E-state index in [4.69, 9.17) is 0 Å². The highest BCUT2D eigenvalue weighted by atomic mass is 16.3. The van der Waals surface area contributed by atoms with Gasteiger partial charge in [-0.25, -0.2) is 0 Å². The molecule has 3 rings (SSSR count). The number of hydrogen-bond acceptors (Lipinski definition) is 4. The molecule has 1 N–H and O–H groups in total. The molecule has 0 radical (unpaired) electrons. The summed E-state index contributed by atoms with van der Waals surface area (Å²) in [5.74, 6) is -1.84. The quantitative estimate of drug-likeness (QED) is 0.717. The lowest BCUT2D eigenvalue weighted by Gasteiger charge is -2.22. The van der Waals surface area contributed by atoms with Crippen LogP contribution in [0.4, 0.5) is 5.69 Å². The molecule has 0 aliphatic carbocycles. The van der Waals surface area contributed by atoms with Gasteiger partial charge in [0.1, 0.15) is 0 Å². The van der Waals surface area contributed by atoms with E-state index in [1.165, 1.54) is 19.0 Å². The molecule has 2 heterocycles. The summed E-state index contributed by atoms with van der Waals surface area (Å²) in [7, 11) is 2.83. The zero-order chi connectivity index (χ0) is 14.7. The Morgan fingerprint density at radius 1 is 1.05 bits per heavy atom. The van der Waals surface area contributed by atoms with E-state index in [-0.39, 0.29) is 5.57 Å². The number of rotatable bonds is 1. The van der Waals surface area contributed by atoms with Gasteiger partial charge in [0.2, 0.25) is 5.60 Å². The first-order valence-electron chi connectivity index (χ1n) is 6.03. The Labute approximate surface area is 114 Å². The summed E-state index contributed by atoms with van der Waals surface area (Å²) >= 11 is 0. The maximum absolute atomic E-state index is 12.4. The van der Waals surface area contributed by atoms with Crippen LogP contribution >= 0.6 is 0 Å². The van der Waals surface area contributed by atoms with Crippen molar-refractivity contribution in [1.29, 1.82) is 0 Å². The van der Waals surface area contributed by atoms with E-state index in [1.54, 1.807) is 24.3 Å². The van der Waals surface area contributed by atoms with Crippen molar-refractivity contribution >= 4 is 23.4 Å². The minimum absolute atomic E-state index is 0.202. The minimum Gasteiger partial charge on any atom is -0.371 e. The number of fused-ring (bicyclic) bond motifs is 1. The van der Waals surface area contributed by atoms with Gasteiger partial charge in [-0.3, -0.25) is 19.3 Å². The monoisotopic (exact) mass is 272 g/mol. The predicted octanol–water partition coefficient (Wildman–Crippen LogP) is -0.224. The first-order chi connectivity index (χ1) is 9.39. The van der Waals surface area contributed by atoms with E-state index in [2.05, 4.69) is 0 Å². The fourth-order valence-electron chi connectivity index (χ4n) is 2.62. The molecule has 6 nitrogen and oxygen atoms in total. The Morgan fingerprint density at radius 2 is 1.70 bits per heavy atom. The maximum Gasteiger partial charge on any atom is 0.268 e. The van der Waals surface area contributed by atoms with Crippen LogP contribution in [0.3, 0.4) is 0 Å². The number of para-hydroxylation sites is 1. The van der Waals surface area contributed by atoms with Crippen molar-refractivity contribution < 1.29 is 19.5 Å². The number of nitrogens with zero attached hydrogens (tertiary/aromatic N) is 2. The molecule has 1 atom stereocenters. The summed E-state index contributed by atoms with van der Waals surface area (Å²) in [5.41, 5.74) is -1.46. The van der Waals surface area contributed by atoms with Crippen molar-refractivity contribution in [2.45, 2.75) is 5.60 Å². The van der Waals surface area contributed by atoms with E-state index in [0.717, 1.165) is 11.0 Å². The molecule has 2 aliphatic heterocycles. The zero-order valence-corrected chi connectivity index (χ0v) is 11.0. The van der Waals surface area contributed by atoms with Gasteiger partial charge in [0, 0.05) is 25.7 Å². The van der Waals surface area contributed by atoms with Crippen LogP contribution in [0.5, 0.6) is 0 Å². The lowest BCUT2D eigenvalue weighted by Crippen LogP contribution is -2.43. The molecule has 20 heavy (non-hydrogen) atoms. The van der Waals surface area contributed by atoms with Crippen LogP contribution < -0.4 is 4.90 Å². The van der Waals surface area contributed by atoms with Crippen LogP contribution in [0.1, 0.15) is 5.56 Å². The molecule has 0 saturated heterocycles. The Balaban J connectivity index is 2.23. The number of amides is 3. The number of anilines is 1. The van der Waals surface area contributed by atoms with Crippen molar-refractivity contribution in [2.24, 2.45) is 0 Å². The lowest BCUT2D eigenvalue weighted by atomic mass is 9.87. The lowest BCUT2D eigenvalue weighted by molar-refractivity contribution is -0.140. The molecule has 0 fully saturated rings. The number of aliphatic hydroxyl groups is 1. The van der Waals surface area contributed by atoms with Gasteiger partial charge in [-0.1, -0.05) is 18.2 Å². The van der Waals surface area contributed by atoms with Crippen molar-refractivity contribution in [3.63, 3.8) is 0 Å². The second-order valence-electron chi connectivity index (χ2n) is 4.85. The van der Waals surface area contributed by atoms with Gasteiger partial charge < -0.3 is 10.0 Å². The van der Waals surface area contributed by atoms with Gasteiger partial charge in [0.05, 0.1) is 11.3 Å². The van der Waals surface area contributed by atoms with Crippen LogP contribution in [-0.4, -0.2) is 41.8 Å². The van der Waals surface area contributed by atoms with Crippen LogP contribution in [0, 0.1) is 0 Å². The molecule has 2 aliphatic rings. The summed E-state index contributed by atoms with van der Waals surface area (Å²) in [6.45, 7) is 0. The summed E-state index contributed by atoms with van der Waals surface area (Å²) in [5, 5.41) is 10.8. The van der Waals surface area contributed by atoms with Gasteiger partial charge in [-0.15, -0.1) is 0 Å². The predicted molar refractivity (Wildman–Crippen MR) is 69.6 cm³/mol. The summed E-state index contributed by atoms with van der Waals surface area (Å²) in [4.78, 5) is 38.2. The molecule has 3 amide bonds. The van der Waals surface area contributed by atoms with Gasteiger partial charge >= 0.3 is 0 Å². The highest BCUT2D eigenvalue weighted by Gasteiger charge is 2.55. The summed E-state index contributed by atoms with van der Waals surface area (Å²) in [6, 6.07) is 6.66. The van der Waals surface area contributed by atoms with Crippen LogP contribution in [0.2, 0.25) is 0 Å². The molecule has 1 unspecified atom stereocenters. The van der Waals surface area contributed by atoms with Crippen LogP contribution in [0.25, 0.3) is 0 Å². The Bertz CT molecular complexity index is 694. The Morgan fingerprint density at radius 3 is 2.30 bits per heavy atom. The molecule has 1 aromatic rings. The second kappa shape index (κ2) is 3.77. The van der Waals surface area contributed by atoms with E-state index < -0.39 is 23.3 Å². The average molecular weight is 272 g/mol. The van der Waals surface area contributed by atoms with Gasteiger partial charge in [0.15, 0.2) is 0 Å². The molecule has 6 heteroatoms. The molecule has 0 aromatic heterocycles. The molecular formula is C14H12N2O4. The largest absolute Gasteiger partial charge is 0.371 e. The van der Waals surface area contributed by atoms with E-state index in [0.29, 0.717) is 11.3 Å². The van der Waals surface area contributed by atoms with E-state index in [1.807, 2.05) is 0 Å². The molecule has 0 spiro atoms. The van der Waals surface area contributed by atoms with Crippen molar-refractivity contribution in [3.8, 4) is 0 Å². The molecule has 1 aromatic carbocycles. The van der Waals surface area contributed by atoms with Crippen LogP contribution in [-0.2, 0) is 20.0 Å². The highest BCUT2D eigenvalue weighted by Crippen LogP contribution is 2.45. The normalized spacial score (nSPS) is 25.4. The second-order valence-corrected chi connectivity index (χ2v) is 4.85. The number of carbonyl (C=O) groups is 3. The third-order valence-electron chi connectivity index (χ3n) is 3.79. The number of carbonyl (C=O) groups excluding carboxylic acids is 3. The molecule has 102 valence electrons. The smallest absolute Gasteiger partial charge is 0.268 e. The standard InChI is InChI=1S/C14H12N2O4/c1-15-10-6-4-3-5-8(10)14(20,13(15)19)9-7-11(17)16(2)12(9)18/h3-7,20H,1-2H3. The number of imide groups is 1. The molecule has 0 saturated carbocycles. The average Bonchev–Trinajstić information content (AvgIpc) is 2.82. The number of benzene rings is 1. The third kappa shape index (κ3) is 1.28. The van der Waals surface area contributed by atoms with Crippen molar-refractivity contribution in [2.75, 3.05) is 19.0 Å². The highest BCUT2D eigenvalue weighted by molar-refractivity contribution is 6.23. The van der Waals surface area contributed by atoms with Gasteiger partial charge in [-0.2, -0.15) is 0 Å². The Kier molecular flexibility index (Phi) is 2.37. The van der Waals surface area contributed by atoms with Crippen molar-refractivity contribution in [3.05, 3.63) is 41.5 Å². The first kappa shape index (κ1) is 12.6. The maximum atomic E-state index is 12.4. The van der Waals surface area contributed by atoms with Gasteiger partial charge in [-0.05, 0) is 6.07 Å². The fraction of sp³-hybridized carbons (Fsp3) is 0.214. The number of likely N-dealkylation sites (N-methyl/N-ethyl adjacent to an activating group) is 2. The van der Waals surface area contributed by atoms with Crippen molar-refractivity contribution in [1.82, 2.24) is 4.90 Å². The van der Waals surface area contributed by atoms with Gasteiger partial charge in [0.25, 0.3) is 17.7 Å². The fourth-order valence-corrected chi connectivity index (χ4v) is 2.62. The number of hydrogen-bond donors (Lipinski definition) is 1. The minimum atomic E-state index is -2.09. The van der Waals surface area contributed by atoms with E-state index >= 15 is 0 Å². The van der Waals surface area contributed by atoms with Crippen LogP contribution in [0.15, 0.2) is 35.9 Å². The molecular weight excluding hydrogens is 260 g/mol. The first-order valence-corrected chi connectivity index (χ1v) is 6.03. The topological polar surface area (TPSA) is 77.9 Å². The summed E-state index contributed by atoms with van der Waals surface area (Å²) < 4.78 is 0. The zero-order valence-electron chi connectivity index (χ0n) is 11.0. The Hall–Kier alpha value is -2.47.